The first-order valence-electron chi connectivity index (χ1n) is 24.6. The lowest BCUT2D eigenvalue weighted by atomic mass is 10.0. The highest BCUT2D eigenvalue weighted by molar-refractivity contribution is 5.70. The molecule has 0 bridgehead atoms. The minimum Gasteiger partial charge on any atom is -0.544 e. The molecule has 0 amide bonds. The zero-order chi connectivity index (χ0) is 45.6. The molecule has 0 saturated heterocycles. The van der Waals surface area contributed by atoms with Gasteiger partial charge in [-0.05, 0) is 83.5 Å². The molecular weight excluding hydrogens is 775 g/mol. The Balaban J connectivity index is 4.35. The average Bonchev–Trinajstić information content (AvgIpc) is 3.23. The number of allylic oxidation sites excluding steroid dienone is 14. The Labute approximate surface area is 380 Å². The van der Waals surface area contributed by atoms with Gasteiger partial charge in [0.25, 0.3) is 0 Å². The fourth-order valence-electron chi connectivity index (χ4n) is 6.72. The molecule has 0 spiro atoms. The van der Waals surface area contributed by atoms with Crippen LogP contribution in [-0.4, -0.2) is 75.5 Å². The van der Waals surface area contributed by atoms with E-state index >= 15 is 0 Å². The van der Waals surface area contributed by atoms with Crippen molar-refractivity contribution in [1.29, 1.82) is 0 Å². The van der Waals surface area contributed by atoms with Gasteiger partial charge in [0.15, 0.2) is 6.10 Å². The second-order valence-corrected chi connectivity index (χ2v) is 17.3. The number of unbranched alkanes of at least 4 members (excludes halogenated alkanes) is 15. The van der Waals surface area contributed by atoms with Crippen molar-refractivity contribution in [3.63, 3.8) is 0 Å². The first-order valence-corrected chi connectivity index (χ1v) is 24.6. The van der Waals surface area contributed by atoms with Gasteiger partial charge in [0, 0.05) is 19.3 Å². The maximum Gasteiger partial charge on any atom is 0.306 e. The molecule has 8 nitrogen and oxygen atoms in total. The quantitative estimate of drug-likeness (QED) is 0.0260. The van der Waals surface area contributed by atoms with Crippen molar-refractivity contribution >= 4 is 17.9 Å². The molecule has 0 aliphatic heterocycles. The summed E-state index contributed by atoms with van der Waals surface area (Å²) in [5, 5.41) is 11.7. The standard InChI is InChI=1S/C54H91NO7/c1-6-8-10-12-14-16-18-20-22-24-25-26-27-29-31-33-35-37-39-41-43-45-53(57)62-50(48-60-47-46-51(54(58)59)55(3,4)5)49-61-52(56)44-42-40-38-36-34-32-30-28-23-21-19-17-15-13-11-9-7-2/h8,10,14-17,20-23,30,32,36,38,50-51H,6-7,9,11-13,18-19,24-29,31,33-35,37,39-49H2,1-5H3/b10-8+,16-14+,17-15+,22-20+,23-21+,32-30+,38-36+. The number of esters is 2. The number of nitrogens with zero attached hydrogens (tertiary/aromatic N) is 1. The molecule has 8 heteroatoms. The van der Waals surface area contributed by atoms with Gasteiger partial charge in [0.1, 0.15) is 12.6 Å². The van der Waals surface area contributed by atoms with Gasteiger partial charge < -0.3 is 28.6 Å². The van der Waals surface area contributed by atoms with Crippen LogP contribution in [0.5, 0.6) is 0 Å². The van der Waals surface area contributed by atoms with Crippen LogP contribution in [0, 0.1) is 0 Å². The molecule has 2 unspecified atom stereocenters. The fourth-order valence-corrected chi connectivity index (χ4v) is 6.72. The number of rotatable bonds is 43. The summed E-state index contributed by atoms with van der Waals surface area (Å²) < 4.78 is 17.2. The van der Waals surface area contributed by atoms with Crippen LogP contribution in [0.4, 0.5) is 0 Å². The summed E-state index contributed by atoms with van der Waals surface area (Å²) >= 11 is 0. The Morgan fingerprint density at radius 3 is 1.39 bits per heavy atom. The van der Waals surface area contributed by atoms with E-state index in [0.29, 0.717) is 12.8 Å². The normalized spacial score (nSPS) is 13.6. The third-order valence-electron chi connectivity index (χ3n) is 10.5. The van der Waals surface area contributed by atoms with E-state index in [-0.39, 0.29) is 49.1 Å². The van der Waals surface area contributed by atoms with E-state index in [1.54, 1.807) is 21.1 Å². The number of ether oxygens (including phenoxy) is 3. The summed E-state index contributed by atoms with van der Waals surface area (Å²) in [4.78, 5) is 37.0. The molecule has 2 atom stereocenters. The molecule has 0 rings (SSSR count). The van der Waals surface area contributed by atoms with Gasteiger partial charge in [-0.1, -0.05) is 170 Å². The minimum atomic E-state index is -1.13. The van der Waals surface area contributed by atoms with Crippen LogP contribution >= 0.6 is 0 Å². The van der Waals surface area contributed by atoms with Crippen LogP contribution in [0.3, 0.4) is 0 Å². The number of hydrogen-bond acceptors (Lipinski definition) is 7. The Morgan fingerprint density at radius 1 is 0.500 bits per heavy atom. The van der Waals surface area contributed by atoms with Crippen LogP contribution < -0.4 is 5.11 Å². The maximum atomic E-state index is 12.8. The van der Waals surface area contributed by atoms with Crippen molar-refractivity contribution in [2.24, 2.45) is 0 Å². The van der Waals surface area contributed by atoms with Crippen molar-refractivity contribution in [2.45, 2.75) is 199 Å². The summed E-state index contributed by atoms with van der Waals surface area (Å²) in [7, 11) is 5.39. The van der Waals surface area contributed by atoms with Crippen LogP contribution in [0.25, 0.3) is 0 Å². The molecule has 0 aromatic rings. The minimum absolute atomic E-state index is 0.0185. The van der Waals surface area contributed by atoms with E-state index in [2.05, 4.69) is 98.9 Å². The fraction of sp³-hybridized carbons (Fsp3) is 0.685. The molecule has 0 aromatic heterocycles. The highest BCUT2D eigenvalue weighted by Gasteiger charge is 2.25. The number of carboxylic acid groups (broad SMARTS) is 1. The lowest BCUT2D eigenvalue weighted by Crippen LogP contribution is -2.55. The highest BCUT2D eigenvalue weighted by atomic mass is 16.6. The van der Waals surface area contributed by atoms with E-state index in [1.165, 1.54) is 83.5 Å². The average molecular weight is 866 g/mol. The van der Waals surface area contributed by atoms with Crippen molar-refractivity contribution in [3.05, 3.63) is 85.1 Å². The van der Waals surface area contributed by atoms with Gasteiger partial charge in [-0.3, -0.25) is 9.59 Å². The van der Waals surface area contributed by atoms with Crippen LogP contribution in [0.2, 0.25) is 0 Å². The molecule has 0 aliphatic carbocycles. The molecule has 354 valence electrons. The topological polar surface area (TPSA) is 102 Å². The van der Waals surface area contributed by atoms with Crippen LogP contribution in [-0.2, 0) is 28.6 Å². The van der Waals surface area contributed by atoms with Crippen molar-refractivity contribution in [2.75, 3.05) is 41.0 Å². The third-order valence-corrected chi connectivity index (χ3v) is 10.5. The number of carbonyl (C=O) groups is 3. The number of quaternary nitrogens is 1. The third kappa shape index (κ3) is 41.8. The Morgan fingerprint density at radius 2 is 0.919 bits per heavy atom. The molecule has 0 aromatic carbocycles. The van der Waals surface area contributed by atoms with E-state index in [9.17, 15) is 19.5 Å². The summed E-state index contributed by atoms with van der Waals surface area (Å²) in [6, 6.07) is -0.739. The second-order valence-electron chi connectivity index (χ2n) is 17.3. The Kier molecular flexibility index (Phi) is 41.6. The second kappa shape index (κ2) is 44.1. The zero-order valence-electron chi connectivity index (χ0n) is 40.3. The molecule has 0 N–H and O–H groups in total. The van der Waals surface area contributed by atoms with Gasteiger partial charge in [-0.15, -0.1) is 0 Å². The monoisotopic (exact) mass is 866 g/mol. The van der Waals surface area contributed by atoms with E-state index in [4.69, 9.17) is 14.2 Å². The Bertz CT molecular complexity index is 1290. The number of hydrogen-bond donors (Lipinski definition) is 0. The molecule has 0 radical (unpaired) electrons. The summed E-state index contributed by atoms with van der Waals surface area (Å²) in [6.45, 7) is 4.46. The molecule has 0 heterocycles. The molecule has 0 saturated carbocycles. The Hall–Kier alpha value is -3.49. The molecule has 62 heavy (non-hydrogen) atoms. The first kappa shape index (κ1) is 58.5. The lowest BCUT2D eigenvalue weighted by Gasteiger charge is -2.34. The summed E-state index contributed by atoms with van der Waals surface area (Å²) in [5.41, 5.74) is 0. The number of carboxylic acids is 1. The summed E-state index contributed by atoms with van der Waals surface area (Å²) in [5.74, 6) is -1.82. The summed E-state index contributed by atoms with van der Waals surface area (Å²) in [6.07, 6.45) is 57.6. The maximum absolute atomic E-state index is 12.8. The predicted octanol–water partition coefficient (Wildman–Crippen LogP) is 12.7. The van der Waals surface area contributed by atoms with Gasteiger partial charge in [-0.25, -0.2) is 0 Å². The first-order chi connectivity index (χ1) is 30.1. The SMILES string of the molecule is CC/C=C/C/C=C/C/C=C/CCCCCCCCCCCCCC(=O)OC(COCCC(C(=O)[O-])[N+](C)(C)C)COC(=O)CCC/C=C/C/C=C/C/C=C/C/C=C/CCCCC. The van der Waals surface area contributed by atoms with E-state index in [0.717, 1.165) is 64.2 Å². The van der Waals surface area contributed by atoms with Crippen molar-refractivity contribution < 1.29 is 38.2 Å². The van der Waals surface area contributed by atoms with Crippen LogP contribution in [0.15, 0.2) is 85.1 Å². The number of aliphatic carboxylic acids is 1. The van der Waals surface area contributed by atoms with Crippen LogP contribution in [0.1, 0.15) is 187 Å². The molecule has 0 fully saturated rings. The number of carbonyl (C=O) groups excluding carboxylic acids is 3. The smallest absolute Gasteiger partial charge is 0.306 e. The predicted molar refractivity (Wildman–Crippen MR) is 258 cm³/mol. The lowest BCUT2D eigenvalue weighted by molar-refractivity contribution is -0.889. The van der Waals surface area contributed by atoms with Gasteiger partial charge in [-0.2, -0.15) is 0 Å². The van der Waals surface area contributed by atoms with Crippen molar-refractivity contribution in [3.8, 4) is 0 Å². The van der Waals surface area contributed by atoms with E-state index in [1.807, 2.05) is 0 Å². The van der Waals surface area contributed by atoms with Crippen molar-refractivity contribution in [1.82, 2.24) is 0 Å². The molecular formula is C54H91NO7. The van der Waals surface area contributed by atoms with Gasteiger partial charge in [0.05, 0.1) is 40.3 Å². The largest absolute Gasteiger partial charge is 0.544 e. The van der Waals surface area contributed by atoms with Gasteiger partial charge in [0.2, 0.25) is 0 Å². The highest BCUT2D eigenvalue weighted by Crippen LogP contribution is 2.14. The zero-order valence-corrected chi connectivity index (χ0v) is 40.3. The van der Waals surface area contributed by atoms with E-state index < -0.39 is 18.1 Å². The van der Waals surface area contributed by atoms with Gasteiger partial charge >= 0.3 is 11.9 Å². The number of likely N-dealkylation sites (N-methyl/N-ethyl adjacent to an activating group) is 1. The molecule has 0 aliphatic rings.